The number of carbonyl (C=O) groups is 1. The Bertz CT molecular complexity index is 728. The number of nitrogens with zero attached hydrogens (tertiary/aromatic N) is 2. The Hall–Kier alpha value is -1.60. The molecule has 1 heterocycles. The average molecular weight is 396 g/mol. The van der Waals surface area contributed by atoms with Gasteiger partial charge < -0.3 is 10.2 Å². The van der Waals surface area contributed by atoms with Crippen molar-refractivity contribution in [1.29, 1.82) is 0 Å². The fourth-order valence-electron chi connectivity index (χ4n) is 3.38. The molecule has 0 spiro atoms. The van der Waals surface area contributed by atoms with E-state index in [4.69, 9.17) is 0 Å². The Morgan fingerprint density at radius 3 is 2.48 bits per heavy atom. The van der Waals surface area contributed by atoms with Crippen molar-refractivity contribution in [2.75, 3.05) is 43.3 Å². The minimum atomic E-state index is -3.38. The molecule has 1 saturated heterocycles. The third-order valence-corrected chi connectivity index (χ3v) is 6.34. The fraction of sp³-hybridized carbons (Fsp3) is 0.650. The summed E-state index contributed by atoms with van der Waals surface area (Å²) in [5.74, 6) is -0.0134. The van der Waals surface area contributed by atoms with Gasteiger partial charge in [0.1, 0.15) is 0 Å². The normalized spacial score (nSPS) is 15.5. The van der Waals surface area contributed by atoms with E-state index in [9.17, 15) is 13.2 Å². The van der Waals surface area contributed by atoms with E-state index in [1.165, 1.54) is 29.8 Å². The second-order valence-electron chi connectivity index (χ2n) is 7.46. The van der Waals surface area contributed by atoms with Crippen LogP contribution in [0.4, 0.5) is 5.69 Å². The Labute approximate surface area is 164 Å². The van der Waals surface area contributed by atoms with Crippen molar-refractivity contribution in [3.63, 3.8) is 0 Å². The number of sulfonamides is 1. The molecule has 152 valence electrons. The molecule has 1 fully saturated rings. The van der Waals surface area contributed by atoms with Crippen molar-refractivity contribution < 1.29 is 13.2 Å². The van der Waals surface area contributed by atoms with Crippen LogP contribution in [0.5, 0.6) is 0 Å². The van der Waals surface area contributed by atoms with Gasteiger partial charge in [0.2, 0.25) is 15.9 Å². The summed E-state index contributed by atoms with van der Waals surface area (Å²) in [4.78, 5) is 14.4. The molecular formula is C20H33N3O3S. The molecule has 2 rings (SSSR count). The van der Waals surface area contributed by atoms with Crippen LogP contribution in [0.1, 0.15) is 43.2 Å². The summed E-state index contributed by atoms with van der Waals surface area (Å²) in [7, 11) is -3.38. The Morgan fingerprint density at radius 1 is 1.15 bits per heavy atom. The number of hydrogen-bond donors (Lipinski definition) is 1. The zero-order valence-corrected chi connectivity index (χ0v) is 17.6. The molecule has 0 radical (unpaired) electrons. The first kappa shape index (κ1) is 21.7. The monoisotopic (exact) mass is 395 g/mol. The molecule has 27 heavy (non-hydrogen) atoms. The number of piperidine rings is 1. The number of carbonyl (C=O) groups excluding carboxylic acids is 1. The minimum absolute atomic E-state index is 0.0134. The van der Waals surface area contributed by atoms with Crippen molar-refractivity contribution in [2.45, 2.75) is 46.0 Å². The maximum absolute atomic E-state index is 12.2. The molecule has 1 aliphatic heterocycles. The van der Waals surface area contributed by atoms with Gasteiger partial charge in [-0.05, 0) is 69.5 Å². The van der Waals surface area contributed by atoms with E-state index in [1.807, 2.05) is 32.0 Å². The Kier molecular flexibility index (Phi) is 8.10. The number of rotatable bonds is 9. The van der Waals surface area contributed by atoms with Crippen molar-refractivity contribution in [2.24, 2.45) is 0 Å². The smallest absolute Gasteiger partial charge is 0.232 e. The number of aryl methyl sites for hydroxylation is 2. The molecule has 6 nitrogen and oxygen atoms in total. The first-order valence-electron chi connectivity index (χ1n) is 9.81. The van der Waals surface area contributed by atoms with Gasteiger partial charge in [-0.3, -0.25) is 9.10 Å². The van der Waals surface area contributed by atoms with Crippen molar-refractivity contribution in [3.8, 4) is 0 Å². The lowest BCUT2D eigenvalue weighted by molar-refractivity contribution is -0.121. The van der Waals surface area contributed by atoms with Gasteiger partial charge in [-0.2, -0.15) is 0 Å². The highest BCUT2D eigenvalue weighted by Gasteiger charge is 2.18. The maximum Gasteiger partial charge on any atom is 0.232 e. The molecule has 0 aliphatic carbocycles. The lowest BCUT2D eigenvalue weighted by Gasteiger charge is -2.26. The van der Waals surface area contributed by atoms with Crippen LogP contribution >= 0.6 is 0 Å². The largest absolute Gasteiger partial charge is 0.355 e. The molecule has 1 aromatic carbocycles. The topological polar surface area (TPSA) is 69.7 Å². The summed E-state index contributed by atoms with van der Waals surface area (Å²) >= 11 is 0. The van der Waals surface area contributed by atoms with E-state index in [2.05, 4.69) is 10.2 Å². The Morgan fingerprint density at radius 2 is 1.85 bits per heavy atom. The summed E-state index contributed by atoms with van der Waals surface area (Å²) < 4.78 is 25.7. The van der Waals surface area contributed by atoms with Crippen LogP contribution in [0.25, 0.3) is 0 Å². The third kappa shape index (κ3) is 7.14. The van der Waals surface area contributed by atoms with Gasteiger partial charge >= 0.3 is 0 Å². The molecule has 0 atom stereocenters. The zero-order chi connectivity index (χ0) is 19.9. The quantitative estimate of drug-likeness (QED) is 0.697. The van der Waals surface area contributed by atoms with E-state index in [-0.39, 0.29) is 5.91 Å². The molecule has 0 saturated carbocycles. The van der Waals surface area contributed by atoms with Crippen molar-refractivity contribution in [3.05, 3.63) is 29.3 Å². The first-order chi connectivity index (χ1) is 12.8. The third-order valence-electron chi connectivity index (χ3n) is 5.14. The Balaban J connectivity index is 1.79. The van der Waals surface area contributed by atoms with Gasteiger partial charge in [-0.15, -0.1) is 0 Å². The van der Waals surface area contributed by atoms with Gasteiger partial charge in [0.25, 0.3) is 0 Å². The predicted octanol–water partition coefficient (Wildman–Crippen LogP) is 2.45. The molecule has 7 heteroatoms. The van der Waals surface area contributed by atoms with Gasteiger partial charge in [-0.1, -0.05) is 12.5 Å². The standard InChI is InChI=1S/C20H33N3O3S/c1-17-9-10-19(16-18(17)2)23(27(3,25)26)14-7-8-20(24)21-11-15-22-12-5-4-6-13-22/h9-10,16H,4-8,11-15H2,1-3H3,(H,21,24). The van der Waals surface area contributed by atoms with Crippen LogP contribution in [0.2, 0.25) is 0 Å². The van der Waals surface area contributed by atoms with E-state index >= 15 is 0 Å². The fourth-order valence-corrected chi connectivity index (χ4v) is 4.33. The molecule has 0 unspecified atom stereocenters. The summed E-state index contributed by atoms with van der Waals surface area (Å²) in [5, 5.41) is 2.95. The van der Waals surface area contributed by atoms with Crippen LogP contribution in [0.15, 0.2) is 18.2 Å². The van der Waals surface area contributed by atoms with Gasteiger partial charge in [0.15, 0.2) is 0 Å². The lowest BCUT2D eigenvalue weighted by atomic mass is 10.1. The number of likely N-dealkylation sites (tertiary alicyclic amines) is 1. The van der Waals surface area contributed by atoms with Crippen molar-refractivity contribution in [1.82, 2.24) is 10.2 Å². The van der Waals surface area contributed by atoms with Crippen molar-refractivity contribution >= 4 is 21.6 Å². The zero-order valence-electron chi connectivity index (χ0n) is 16.8. The van der Waals surface area contributed by atoms with Crippen LogP contribution < -0.4 is 9.62 Å². The summed E-state index contributed by atoms with van der Waals surface area (Å²) in [6, 6.07) is 5.63. The first-order valence-corrected chi connectivity index (χ1v) is 11.7. The number of benzene rings is 1. The minimum Gasteiger partial charge on any atom is -0.355 e. The molecular weight excluding hydrogens is 362 g/mol. The number of anilines is 1. The van der Waals surface area contributed by atoms with E-state index in [0.29, 0.717) is 31.6 Å². The molecule has 1 N–H and O–H groups in total. The summed E-state index contributed by atoms with van der Waals surface area (Å²) in [6.07, 6.45) is 5.83. The molecule has 0 aromatic heterocycles. The highest BCUT2D eigenvalue weighted by molar-refractivity contribution is 7.92. The number of amides is 1. The predicted molar refractivity (Wildman–Crippen MR) is 111 cm³/mol. The second-order valence-corrected chi connectivity index (χ2v) is 9.37. The lowest BCUT2D eigenvalue weighted by Crippen LogP contribution is -2.38. The molecule has 1 aliphatic rings. The van der Waals surface area contributed by atoms with Crippen LogP contribution in [-0.4, -0.2) is 58.2 Å². The highest BCUT2D eigenvalue weighted by Crippen LogP contribution is 2.21. The number of nitrogens with one attached hydrogen (secondary N) is 1. The van der Waals surface area contributed by atoms with E-state index < -0.39 is 10.0 Å². The van der Waals surface area contributed by atoms with E-state index in [1.54, 1.807) is 0 Å². The molecule has 0 bridgehead atoms. The van der Waals surface area contributed by atoms with Gasteiger partial charge in [0, 0.05) is 26.1 Å². The molecule has 1 amide bonds. The van der Waals surface area contributed by atoms with Crippen LogP contribution in [0, 0.1) is 13.8 Å². The van der Waals surface area contributed by atoms with Crippen LogP contribution in [-0.2, 0) is 14.8 Å². The second kappa shape index (κ2) is 10.1. The molecule has 1 aromatic rings. The summed E-state index contributed by atoms with van der Waals surface area (Å²) in [6.45, 7) is 8.06. The highest BCUT2D eigenvalue weighted by atomic mass is 32.2. The average Bonchev–Trinajstić information content (AvgIpc) is 2.61. The maximum atomic E-state index is 12.2. The van der Waals surface area contributed by atoms with Crippen LogP contribution in [0.3, 0.4) is 0 Å². The van der Waals surface area contributed by atoms with Gasteiger partial charge in [-0.25, -0.2) is 8.42 Å². The SMILES string of the molecule is Cc1ccc(N(CCCC(=O)NCCN2CCCCC2)S(C)(=O)=O)cc1C. The van der Waals surface area contributed by atoms with E-state index in [0.717, 1.165) is 30.8 Å². The number of hydrogen-bond acceptors (Lipinski definition) is 4. The summed E-state index contributed by atoms with van der Waals surface area (Å²) in [5.41, 5.74) is 2.84. The van der Waals surface area contributed by atoms with Gasteiger partial charge in [0.05, 0.1) is 11.9 Å².